The van der Waals surface area contributed by atoms with Gasteiger partial charge in [-0.15, -0.1) is 0 Å². The molecule has 1 saturated carbocycles. The summed E-state index contributed by atoms with van der Waals surface area (Å²) in [5.74, 6) is 0.974. The van der Waals surface area contributed by atoms with Crippen LogP contribution in [0.1, 0.15) is 86.5 Å². The lowest BCUT2D eigenvalue weighted by Gasteiger charge is -2.31. The van der Waals surface area contributed by atoms with Crippen LogP contribution in [0.15, 0.2) is 27.5 Å². The van der Waals surface area contributed by atoms with E-state index >= 15 is 0 Å². The average molecular weight is 590 g/mol. The summed E-state index contributed by atoms with van der Waals surface area (Å²) < 4.78 is 51.9. The smallest absolute Gasteiger partial charge is 0.333 e. The highest BCUT2D eigenvalue weighted by Gasteiger charge is 2.26. The van der Waals surface area contributed by atoms with Crippen LogP contribution < -0.4 is 10.3 Å². The van der Waals surface area contributed by atoms with Gasteiger partial charge in [0.05, 0.1) is 5.69 Å². The van der Waals surface area contributed by atoms with Crippen LogP contribution in [0.3, 0.4) is 0 Å². The molecule has 1 saturated heterocycles. The van der Waals surface area contributed by atoms with Gasteiger partial charge in [0.15, 0.2) is 5.58 Å². The van der Waals surface area contributed by atoms with Crippen LogP contribution >= 0.6 is 0 Å². The Balaban J connectivity index is 0.000000259. The van der Waals surface area contributed by atoms with Crippen molar-refractivity contribution in [2.45, 2.75) is 96.1 Å². The van der Waals surface area contributed by atoms with E-state index in [1.54, 1.807) is 6.07 Å². The van der Waals surface area contributed by atoms with Gasteiger partial charge < -0.3 is 9.42 Å². The first-order chi connectivity index (χ1) is 19.7. The molecule has 1 aliphatic carbocycles. The second-order valence-corrected chi connectivity index (χ2v) is 12.7. The lowest BCUT2D eigenvalue weighted by Crippen LogP contribution is -2.37. The second-order valence-electron chi connectivity index (χ2n) is 11.5. The van der Waals surface area contributed by atoms with E-state index in [1.165, 1.54) is 18.6 Å². The number of hydrogen-bond donors (Lipinski definition) is 2. The average Bonchev–Trinajstić information content (AvgIpc) is 3.36. The number of piperidine rings is 1. The Bertz CT molecular complexity index is 1510. The zero-order valence-corrected chi connectivity index (χ0v) is 24.5. The van der Waals surface area contributed by atoms with Crippen molar-refractivity contribution in [1.82, 2.24) is 24.3 Å². The van der Waals surface area contributed by atoms with Crippen LogP contribution in [0.5, 0.6) is 0 Å². The van der Waals surface area contributed by atoms with Gasteiger partial charge in [-0.2, -0.15) is 13.1 Å². The Morgan fingerprint density at radius 3 is 2.56 bits per heavy atom. The molecular weight excluding hydrogens is 549 g/mol. The number of aromatic nitrogens is 3. The van der Waals surface area contributed by atoms with Gasteiger partial charge in [-0.1, -0.05) is 24.4 Å². The van der Waals surface area contributed by atoms with Gasteiger partial charge in [0.2, 0.25) is 0 Å². The molecule has 1 aromatic carbocycles. The number of hydrogen-bond acceptors (Lipinski definition) is 7. The number of benzene rings is 1. The van der Waals surface area contributed by atoms with Crippen LogP contribution in [0.2, 0.25) is 0 Å². The van der Waals surface area contributed by atoms with Crippen molar-refractivity contribution in [3.63, 3.8) is 0 Å². The number of rotatable bonds is 6. The third-order valence-corrected chi connectivity index (χ3v) is 9.25. The van der Waals surface area contributed by atoms with Gasteiger partial charge in [0, 0.05) is 54.2 Å². The van der Waals surface area contributed by atoms with E-state index in [9.17, 15) is 17.6 Å². The Morgan fingerprint density at radius 1 is 1.07 bits per heavy atom. The fourth-order valence-corrected chi connectivity index (χ4v) is 7.03. The first kappa shape index (κ1) is 29.8. The highest BCUT2D eigenvalue weighted by Crippen LogP contribution is 2.32. The number of halogens is 1. The molecule has 224 valence electrons. The fraction of sp³-hybridized carbons (Fsp3) is 0.621. The maximum absolute atomic E-state index is 13.4. The molecule has 0 bridgehead atoms. The van der Waals surface area contributed by atoms with Gasteiger partial charge in [-0.05, 0) is 77.1 Å². The largest absolute Gasteiger partial charge is 0.356 e. The molecule has 41 heavy (non-hydrogen) atoms. The molecule has 0 spiro atoms. The minimum Gasteiger partial charge on any atom is -0.356 e. The van der Waals surface area contributed by atoms with Crippen LogP contribution in [0, 0.1) is 12.7 Å². The SMILES string of the molecule is Cc1nc2n(c(=O)c1CCN1CCC(c3noc4cc(F)ccc34)CC1)CCCC2.O=S(=O)(O)NC1CCCCC1. The molecule has 12 heteroatoms. The highest BCUT2D eigenvalue weighted by atomic mass is 32.2. The molecule has 6 rings (SSSR count). The quantitative estimate of drug-likeness (QED) is 0.407. The molecule has 2 N–H and O–H groups in total. The molecule has 3 aliphatic rings. The van der Waals surface area contributed by atoms with E-state index in [4.69, 9.17) is 14.1 Å². The lowest BCUT2D eigenvalue weighted by atomic mass is 9.91. The van der Waals surface area contributed by atoms with Crippen LogP contribution in [0.25, 0.3) is 11.0 Å². The van der Waals surface area contributed by atoms with E-state index in [0.29, 0.717) is 11.5 Å². The Morgan fingerprint density at radius 2 is 1.83 bits per heavy atom. The topological polar surface area (TPSA) is 131 Å². The van der Waals surface area contributed by atoms with Gasteiger partial charge >= 0.3 is 10.3 Å². The van der Waals surface area contributed by atoms with Crippen molar-refractivity contribution in [2.24, 2.45) is 0 Å². The molecule has 2 aliphatic heterocycles. The molecule has 2 aromatic heterocycles. The van der Waals surface area contributed by atoms with E-state index in [0.717, 1.165) is 119 Å². The maximum atomic E-state index is 13.4. The summed E-state index contributed by atoms with van der Waals surface area (Å²) in [6.07, 6.45) is 10.8. The van der Waals surface area contributed by atoms with E-state index in [-0.39, 0.29) is 17.4 Å². The highest BCUT2D eigenvalue weighted by molar-refractivity contribution is 7.83. The summed E-state index contributed by atoms with van der Waals surface area (Å²) in [5, 5.41) is 5.15. The predicted octanol–water partition coefficient (Wildman–Crippen LogP) is 4.30. The molecule has 4 heterocycles. The number of aryl methyl sites for hydroxylation is 2. The maximum Gasteiger partial charge on any atom is 0.333 e. The fourth-order valence-electron chi connectivity index (χ4n) is 6.37. The summed E-state index contributed by atoms with van der Waals surface area (Å²) in [7, 11) is -3.97. The van der Waals surface area contributed by atoms with Crippen molar-refractivity contribution < 1.29 is 21.9 Å². The third-order valence-electron chi connectivity index (χ3n) is 8.62. The molecular formula is C29H40FN5O5S. The van der Waals surface area contributed by atoms with Gasteiger partial charge in [-0.3, -0.25) is 13.9 Å². The zero-order chi connectivity index (χ0) is 29.0. The van der Waals surface area contributed by atoms with Gasteiger partial charge in [-0.25, -0.2) is 9.37 Å². The van der Waals surface area contributed by atoms with Crippen LogP contribution in [-0.4, -0.2) is 58.3 Å². The van der Waals surface area contributed by atoms with E-state index in [1.807, 2.05) is 11.5 Å². The van der Waals surface area contributed by atoms with Crippen molar-refractivity contribution in [2.75, 3.05) is 19.6 Å². The molecule has 0 unspecified atom stereocenters. The molecule has 2 fully saturated rings. The number of fused-ring (bicyclic) bond motifs is 2. The van der Waals surface area contributed by atoms with E-state index < -0.39 is 10.3 Å². The number of nitrogens with one attached hydrogen (secondary N) is 1. The Kier molecular flexibility index (Phi) is 9.52. The molecule has 10 nitrogen and oxygen atoms in total. The third kappa shape index (κ3) is 7.59. The Hall–Kier alpha value is -2.67. The number of likely N-dealkylation sites (tertiary alicyclic amines) is 1. The van der Waals surface area contributed by atoms with Crippen LogP contribution in [0.4, 0.5) is 4.39 Å². The summed E-state index contributed by atoms with van der Waals surface area (Å²) in [4.78, 5) is 20.1. The van der Waals surface area contributed by atoms with Gasteiger partial charge in [0.25, 0.3) is 5.56 Å². The van der Waals surface area contributed by atoms with Crippen LogP contribution in [-0.2, 0) is 29.7 Å². The molecule has 0 atom stereocenters. The van der Waals surface area contributed by atoms with Crippen molar-refractivity contribution >= 4 is 21.3 Å². The summed E-state index contributed by atoms with van der Waals surface area (Å²) in [6, 6.07) is 4.58. The minimum atomic E-state index is -3.97. The lowest BCUT2D eigenvalue weighted by molar-refractivity contribution is 0.211. The normalized spacial score (nSPS) is 19.1. The van der Waals surface area contributed by atoms with Crippen molar-refractivity contribution in [3.8, 4) is 0 Å². The summed E-state index contributed by atoms with van der Waals surface area (Å²) in [6.45, 7) is 5.55. The standard InChI is InChI=1S/C23H27FN4O2.C6H13NO3S/c1-15-18(23(29)28-10-3-2-4-21(28)25-15)9-13-27-11-7-16(8-12-27)22-19-6-5-17(24)14-20(19)30-26-22;8-11(9,10)7-6-4-2-1-3-5-6/h5-6,14,16H,2-4,7-13H2,1H3;6-7H,1-5H2,(H,8,9,10). The molecule has 0 radical (unpaired) electrons. The first-order valence-electron chi connectivity index (χ1n) is 14.8. The zero-order valence-electron chi connectivity index (χ0n) is 23.6. The monoisotopic (exact) mass is 589 g/mol. The van der Waals surface area contributed by atoms with Crippen molar-refractivity contribution in [3.05, 3.63) is 57.1 Å². The predicted molar refractivity (Wildman–Crippen MR) is 154 cm³/mol. The Labute approximate surface area is 240 Å². The van der Waals surface area contributed by atoms with Crippen molar-refractivity contribution in [1.29, 1.82) is 0 Å². The molecule has 0 amide bonds. The second kappa shape index (κ2) is 13.1. The van der Waals surface area contributed by atoms with Gasteiger partial charge in [0.1, 0.15) is 11.6 Å². The molecule has 3 aromatic rings. The summed E-state index contributed by atoms with van der Waals surface area (Å²) in [5.41, 5.74) is 3.38. The first-order valence-corrected chi connectivity index (χ1v) is 16.2. The minimum absolute atomic E-state index is 0.0428. The number of nitrogens with zero attached hydrogens (tertiary/aromatic N) is 4. The summed E-state index contributed by atoms with van der Waals surface area (Å²) >= 11 is 0. The van der Waals surface area contributed by atoms with E-state index in [2.05, 4.69) is 14.8 Å².